The smallest absolute Gasteiger partial charge is 0.0992 e. The van der Waals surface area contributed by atoms with E-state index < -0.39 is 0 Å². The van der Waals surface area contributed by atoms with E-state index in [1.807, 2.05) is 18.2 Å². The van der Waals surface area contributed by atoms with Crippen LogP contribution in [0, 0.1) is 16.7 Å². The summed E-state index contributed by atoms with van der Waals surface area (Å²) in [7, 11) is 0. The van der Waals surface area contributed by atoms with Crippen LogP contribution >= 0.6 is 15.9 Å². The Labute approximate surface area is 111 Å². The first-order valence-corrected chi connectivity index (χ1v) is 6.76. The van der Waals surface area contributed by atoms with Gasteiger partial charge in [-0.15, -0.1) is 0 Å². The first-order valence-electron chi connectivity index (χ1n) is 5.96. The predicted molar refractivity (Wildman–Crippen MR) is 74.1 cm³/mol. The van der Waals surface area contributed by atoms with E-state index in [9.17, 15) is 0 Å². The summed E-state index contributed by atoms with van der Waals surface area (Å²) in [5, 5.41) is 8.85. The predicted octanol–water partition coefficient (Wildman–Crippen LogP) is 3.95. The van der Waals surface area contributed by atoms with Gasteiger partial charge in [0.25, 0.3) is 0 Å². The summed E-state index contributed by atoms with van der Waals surface area (Å²) in [6.07, 6.45) is 2.44. The van der Waals surface area contributed by atoms with Gasteiger partial charge in [0.05, 0.1) is 17.3 Å². The molecule has 0 saturated carbocycles. The zero-order chi connectivity index (χ0) is 12.5. The van der Waals surface area contributed by atoms with Crippen LogP contribution in [-0.2, 0) is 0 Å². The summed E-state index contributed by atoms with van der Waals surface area (Å²) in [6.45, 7) is 6.85. The average Bonchev–Trinajstić information content (AvgIpc) is 2.29. The lowest BCUT2D eigenvalue weighted by Crippen LogP contribution is -2.37. The number of rotatable bonds is 1. The molecule has 0 bridgehead atoms. The summed E-state index contributed by atoms with van der Waals surface area (Å²) in [5.74, 6) is 0. The average molecular weight is 293 g/mol. The number of hydrogen-bond acceptors (Lipinski definition) is 2. The van der Waals surface area contributed by atoms with Gasteiger partial charge >= 0.3 is 0 Å². The van der Waals surface area contributed by atoms with Gasteiger partial charge in [-0.2, -0.15) is 5.26 Å². The second kappa shape index (κ2) is 4.70. The number of hydrogen-bond donors (Lipinski definition) is 0. The van der Waals surface area contributed by atoms with E-state index in [0.29, 0.717) is 11.0 Å². The van der Waals surface area contributed by atoms with Gasteiger partial charge in [-0.3, -0.25) is 0 Å². The molecule has 1 aliphatic heterocycles. The van der Waals surface area contributed by atoms with Gasteiger partial charge in [0.15, 0.2) is 0 Å². The molecule has 1 aromatic rings. The molecule has 0 aliphatic carbocycles. The van der Waals surface area contributed by atoms with E-state index in [4.69, 9.17) is 5.26 Å². The number of anilines is 1. The minimum Gasteiger partial charge on any atom is -0.371 e. The first kappa shape index (κ1) is 12.4. The highest BCUT2D eigenvalue weighted by atomic mass is 79.9. The van der Waals surface area contributed by atoms with Crippen LogP contribution in [0.25, 0.3) is 0 Å². The van der Waals surface area contributed by atoms with Crippen molar-refractivity contribution in [3.8, 4) is 6.07 Å². The minimum atomic E-state index is 0.468. The molecule has 1 fully saturated rings. The Hall–Kier alpha value is -1.01. The number of halogens is 1. The molecule has 0 amide bonds. The summed E-state index contributed by atoms with van der Waals surface area (Å²) in [4.78, 5) is 2.40. The number of benzene rings is 1. The molecule has 1 saturated heterocycles. The van der Waals surface area contributed by atoms with Gasteiger partial charge in [0.1, 0.15) is 0 Å². The van der Waals surface area contributed by atoms with Crippen LogP contribution in [0.4, 0.5) is 5.69 Å². The van der Waals surface area contributed by atoms with Gasteiger partial charge in [-0.25, -0.2) is 0 Å². The molecular weight excluding hydrogens is 276 g/mol. The van der Waals surface area contributed by atoms with Gasteiger partial charge < -0.3 is 4.90 Å². The fraction of sp³-hybridized carbons (Fsp3) is 0.500. The Kier molecular flexibility index (Phi) is 3.44. The fourth-order valence-corrected chi connectivity index (χ4v) is 2.82. The summed E-state index contributed by atoms with van der Waals surface area (Å²) in [6, 6.07) is 7.99. The number of piperidine rings is 1. The minimum absolute atomic E-state index is 0.468. The van der Waals surface area contributed by atoms with E-state index in [1.165, 1.54) is 18.5 Å². The molecular formula is C14H17BrN2. The normalized spacial score (nSPS) is 18.8. The maximum Gasteiger partial charge on any atom is 0.0992 e. The van der Waals surface area contributed by atoms with Crippen molar-refractivity contribution in [3.63, 3.8) is 0 Å². The van der Waals surface area contributed by atoms with Crippen LogP contribution in [0.3, 0.4) is 0 Å². The molecule has 2 nitrogen and oxygen atoms in total. The molecule has 17 heavy (non-hydrogen) atoms. The van der Waals surface area contributed by atoms with Gasteiger partial charge in [-0.1, -0.05) is 13.8 Å². The first-order chi connectivity index (χ1) is 8.02. The second-order valence-electron chi connectivity index (χ2n) is 5.43. The SMILES string of the molecule is CC1(C)CCN(c2ccc(C#N)cc2Br)CC1. The fourth-order valence-electron chi connectivity index (χ4n) is 2.19. The molecule has 0 spiro atoms. The van der Waals surface area contributed by atoms with Crippen LogP contribution in [0.1, 0.15) is 32.3 Å². The lowest BCUT2D eigenvalue weighted by molar-refractivity contribution is 0.279. The molecule has 3 heteroatoms. The van der Waals surface area contributed by atoms with Crippen molar-refractivity contribution in [2.45, 2.75) is 26.7 Å². The maximum absolute atomic E-state index is 8.85. The van der Waals surface area contributed by atoms with Gasteiger partial charge in [0, 0.05) is 17.6 Å². The highest BCUT2D eigenvalue weighted by Gasteiger charge is 2.26. The highest BCUT2D eigenvalue weighted by Crippen LogP contribution is 2.35. The molecule has 0 aromatic heterocycles. The second-order valence-corrected chi connectivity index (χ2v) is 6.28. The quantitative estimate of drug-likeness (QED) is 0.784. The van der Waals surface area contributed by atoms with Crippen molar-refractivity contribution in [1.82, 2.24) is 0 Å². The lowest BCUT2D eigenvalue weighted by atomic mass is 9.82. The largest absolute Gasteiger partial charge is 0.371 e. The molecule has 0 unspecified atom stereocenters. The van der Waals surface area contributed by atoms with E-state index in [0.717, 1.165) is 17.6 Å². The van der Waals surface area contributed by atoms with Crippen molar-refractivity contribution in [3.05, 3.63) is 28.2 Å². The topological polar surface area (TPSA) is 27.0 Å². The highest BCUT2D eigenvalue weighted by molar-refractivity contribution is 9.10. The molecule has 0 atom stereocenters. The number of nitrogens with zero attached hydrogens (tertiary/aromatic N) is 2. The molecule has 1 heterocycles. The summed E-state index contributed by atoms with van der Waals surface area (Å²) < 4.78 is 1.02. The maximum atomic E-state index is 8.85. The Morgan fingerprint density at radius 1 is 1.29 bits per heavy atom. The van der Waals surface area contributed by atoms with Crippen LogP contribution in [0.5, 0.6) is 0 Å². The van der Waals surface area contributed by atoms with E-state index >= 15 is 0 Å². The molecule has 1 aliphatic rings. The third-order valence-corrected chi connectivity index (χ3v) is 4.17. The van der Waals surface area contributed by atoms with Crippen LogP contribution < -0.4 is 4.90 Å². The summed E-state index contributed by atoms with van der Waals surface area (Å²) in [5.41, 5.74) is 2.38. The van der Waals surface area contributed by atoms with Crippen molar-refractivity contribution in [1.29, 1.82) is 5.26 Å². The van der Waals surface area contributed by atoms with Crippen LogP contribution in [0.2, 0.25) is 0 Å². The molecule has 1 aromatic carbocycles. The van der Waals surface area contributed by atoms with E-state index in [-0.39, 0.29) is 0 Å². The molecule has 0 N–H and O–H groups in total. The monoisotopic (exact) mass is 292 g/mol. The lowest BCUT2D eigenvalue weighted by Gasteiger charge is -2.38. The molecule has 2 rings (SSSR count). The molecule has 90 valence electrons. The van der Waals surface area contributed by atoms with Crippen LogP contribution in [-0.4, -0.2) is 13.1 Å². The van der Waals surface area contributed by atoms with Crippen molar-refractivity contribution >= 4 is 21.6 Å². The Morgan fingerprint density at radius 2 is 1.94 bits per heavy atom. The van der Waals surface area contributed by atoms with Crippen LogP contribution in [0.15, 0.2) is 22.7 Å². The van der Waals surface area contributed by atoms with Crippen molar-refractivity contribution in [2.24, 2.45) is 5.41 Å². The zero-order valence-electron chi connectivity index (χ0n) is 10.3. The van der Waals surface area contributed by atoms with E-state index in [2.05, 4.69) is 40.7 Å². The van der Waals surface area contributed by atoms with E-state index in [1.54, 1.807) is 0 Å². The summed E-state index contributed by atoms with van der Waals surface area (Å²) >= 11 is 3.56. The molecule has 0 radical (unpaired) electrons. The Morgan fingerprint density at radius 3 is 2.47 bits per heavy atom. The third-order valence-electron chi connectivity index (χ3n) is 3.53. The zero-order valence-corrected chi connectivity index (χ0v) is 11.9. The standard InChI is InChI=1S/C14H17BrN2/c1-14(2)5-7-17(8-6-14)13-4-3-11(10-16)9-12(13)15/h3-4,9H,5-8H2,1-2H3. The Balaban J connectivity index is 2.17. The number of nitriles is 1. The van der Waals surface area contributed by atoms with Crippen molar-refractivity contribution < 1.29 is 0 Å². The Bertz CT molecular complexity index is 450. The van der Waals surface area contributed by atoms with Gasteiger partial charge in [0.2, 0.25) is 0 Å². The van der Waals surface area contributed by atoms with Crippen molar-refractivity contribution in [2.75, 3.05) is 18.0 Å². The third kappa shape index (κ3) is 2.81. The van der Waals surface area contributed by atoms with Gasteiger partial charge in [-0.05, 0) is 52.4 Å².